The lowest BCUT2D eigenvalue weighted by molar-refractivity contribution is -0.145. The van der Waals surface area contributed by atoms with Crippen LogP contribution in [-0.4, -0.2) is 119 Å². The van der Waals surface area contributed by atoms with Crippen molar-refractivity contribution in [2.75, 3.05) is 34.4 Å². The molecule has 1 saturated heterocycles. The molecule has 0 saturated carbocycles. The molecule has 2 unspecified atom stereocenters. The number of nitrogens with zero attached hydrogens (tertiary/aromatic N) is 2. The summed E-state index contributed by atoms with van der Waals surface area (Å²) in [5, 5.41) is 19.2. The maximum atomic E-state index is 14.1. The highest BCUT2D eigenvalue weighted by Crippen LogP contribution is 2.41. The molecule has 1 aromatic rings. The smallest absolute Gasteiger partial charge is 0.347 e. The van der Waals surface area contributed by atoms with Crippen LogP contribution in [0.1, 0.15) is 79.7 Å². The van der Waals surface area contributed by atoms with Crippen molar-refractivity contribution in [3.8, 4) is 0 Å². The molecule has 2 rings (SSSR count). The third kappa shape index (κ3) is 12.6. The summed E-state index contributed by atoms with van der Waals surface area (Å²) in [6.07, 6.45) is 0.962. The van der Waals surface area contributed by atoms with E-state index in [1.54, 1.807) is 61.2 Å². The molecule has 1 heterocycles. The number of aliphatic hydroxyl groups is 1. The Labute approximate surface area is 316 Å². The second kappa shape index (κ2) is 21.3. The van der Waals surface area contributed by atoms with Gasteiger partial charge in [-0.15, -0.1) is 0 Å². The van der Waals surface area contributed by atoms with Crippen molar-refractivity contribution in [1.29, 1.82) is 0 Å². The van der Waals surface area contributed by atoms with Crippen molar-refractivity contribution >= 4 is 31.2 Å². The van der Waals surface area contributed by atoms with Crippen molar-refractivity contribution < 1.29 is 43.4 Å². The highest BCUT2D eigenvalue weighted by Gasteiger charge is 2.43. The fourth-order valence-corrected chi connectivity index (χ4v) is 8.35. The Morgan fingerprint density at radius 1 is 0.981 bits per heavy atom. The lowest BCUT2D eigenvalue weighted by atomic mass is 9.83. The van der Waals surface area contributed by atoms with Gasteiger partial charge in [0, 0.05) is 52.1 Å². The zero-order valence-electron chi connectivity index (χ0n) is 33.3. The van der Waals surface area contributed by atoms with E-state index >= 15 is 0 Å². The highest BCUT2D eigenvalue weighted by atomic mass is 31.2. The van der Waals surface area contributed by atoms with Crippen molar-refractivity contribution in [1.82, 2.24) is 25.8 Å². The van der Waals surface area contributed by atoms with Crippen molar-refractivity contribution in [3.63, 3.8) is 0 Å². The summed E-state index contributed by atoms with van der Waals surface area (Å²) < 4.78 is 18.2. The van der Waals surface area contributed by atoms with Crippen LogP contribution in [0.25, 0.3) is 0 Å². The maximum Gasteiger partial charge on any atom is 0.347 e. The van der Waals surface area contributed by atoms with Crippen molar-refractivity contribution in [2.45, 2.75) is 117 Å². The van der Waals surface area contributed by atoms with Gasteiger partial charge in [0.25, 0.3) is 0 Å². The van der Waals surface area contributed by atoms with Crippen LogP contribution in [-0.2, 0) is 34.9 Å². The van der Waals surface area contributed by atoms with Gasteiger partial charge in [-0.1, -0.05) is 85.2 Å². The van der Waals surface area contributed by atoms with Gasteiger partial charge in [-0.25, -0.2) is 0 Å². The molecule has 0 spiro atoms. The van der Waals surface area contributed by atoms with Crippen LogP contribution in [0.5, 0.6) is 0 Å². The number of methoxy groups -OCH3 is 1. The molecule has 0 bridgehead atoms. The Morgan fingerprint density at radius 3 is 2.08 bits per heavy atom. The number of amides is 4. The Kier molecular flexibility index (Phi) is 18.6. The number of ether oxygens (including phenoxy) is 1. The third-order valence-electron chi connectivity index (χ3n) is 10.8. The van der Waals surface area contributed by atoms with Crippen LogP contribution < -0.4 is 16.0 Å². The second-order valence-electron chi connectivity index (χ2n) is 15.3. The molecular formula is C38H66N5O9P. The first-order valence-corrected chi connectivity index (χ1v) is 20.6. The summed E-state index contributed by atoms with van der Waals surface area (Å²) >= 11 is 0. The summed E-state index contributed by atoms with van der Waals surface area (Å²) in [5.41, 5.74) is 0.657. The number of carbonyl (C=O) groups excluding carboxylic acids is 4. The van der Waals surface area contributed by atoms with E-state index < -0.39 is 61.4 Å². The Morgan fingerprint density at radius 2 is 1.58 bits per heavy atom. The summed E-state index contributed by atoms with van der Waals surface area (Å²) in [4.78, 5) is 78.3. The van der Waals surface area contributed by atoms with Gasteiger partial charge in [-0.3, -0.25) is 23.7 Å². The first-order valence-electron chi connectivity index (χ1n) is 18.9. The van der Waals surface area contributed by atoms with Crippen LogP contribution in [0.4, 0.5) is 0 Å². The number of nitrogens with one attached hydrogen (secondary N) is 3. The Hall–Kier alpha value is -2.87. The number of likely N-dealkylation sites (tertiary alicyclic amines) is 1. The van der Waals surface area contributed by atoms with Gasteiger partial charge in [0.1, 0.15) is 11.8 Å². The molecule has 302 valence electrons. The van der Waals surface area contributed by atoms with Crippen LogP contribution >= 0.6 is 7.60 Å². The van der Waals surface area contributed by atoms with Crippen LogP contribution in [0.3, 0.4) is 0 Å². The van der Waals surface area contributed by atoms with E-state index in [0.29, 0.717) is 31.4 Å². The molecule has 14 nitrogen and oxygen atoms in total. The van der Waals surface area contributed by atoms with E-state index in [2.05, 4.69) is 16.0 Å². The predicted octanol–water partition coefficient (Wildman–Crippen LogP) is 2.75. The molecule has 9 atom stereocenters. The number of rotatable bonds is 21. The molecule has 1 aliphatic heterocycles. The Bertz CT molecular complexity index is 1380. The summed E-state index contributed by atoms with van der Waals surface area (Å²) in [5.74, 6) is -4.69. The molecule has 0 aromatic heterocycles. The van der Waals surface area contributed by atoms with Crippen molar-refractivity contribution in [3.05, 3.63) is 35.9 Å². The highest BCUT2D eigenvalue weighted by molar-refractivity contribution is 7.52. The van der Waals surface area contributed by atoms with Crippen molar-refractivity contribution in [2.24, 2.45) is 29.6 Å². The second-order valence-corrected chi connectivity index (χ2v) is 17.1. The van der Waals surface area contributed by atoms with E-state index in [4.69, 9.17) is 4.74 Å². The van der Waals surface area contributed by atoms with Gasteiger partial charge >= 0.3 is 7.60 Å². The molecule has 6 N–H and O–H groups in total. The van der Waals surface area contributed by atoms with E-state index in [-0.39, 0.29) is 54.9 Å². The summed E-state index contributed by atoms with van der Waals surface area (Å²) in [7, 11) is 0.0845. The molecule has 1 fully saturated rings. The minimum absolute atomic E-state index is 0.000878. The fourth-order valence-electron chi connectivity index (χ4n) is 7.60. The normalized spacial score (nSPS) is 19.5. The Balaban J connectivity index is 2.28. The van der Waals surface area contributed by atoms with Crippen LogP contribution in [0, 0.1) is 29.6 Å². The minimum Gasteiger partial charge on any atom is -0.396 e. The molecule has 1 aromatic carbocycles. The molecule has 0 radical (unpaired) electrons. The summed E-state index contributed by atoms with van der Waals surface area (Å²) in [6.45, 7) is 13.2. The standard InChI is InChI=1S/C38H66N5O9P/c1-11-25(6)34(42(9)38(48)33(24(4)5)41-37(47)32(39-8)23(2)3)28(22-44)21-31(45)43-19-15-18-29(43)35(52-10)26(7)36(46)40-30(53(49,50)51)20-27-16-13-12-14-17-27/h12-14,16-17,23-26,28-30,32-35,39,44H,11,15,18-22H2,1-10H3,(H,40,46)(H,41,47)(H2,49,50,51)/t25?,26-,28-,29-,30?,32-,33-,34-,35+/m0/s1. The number of aliphatic hydroxyl groups excluding tert-OH is 1. The average Bonchev–Trinajstić information content (AvgIpc) is 3.59. The third-order valence-corrected chi connectivity index (χ3v) is 12.0. The molecule has 1 aliphatic rings. The van der Waals surface area contributed by atoms with E-state index in [1.807, 2.05) is 41.5 Å². The van der Waals surface area contributed by atoms with Gasteiger partial charge in [0.2, 0.25) is 23.6 Å². The molecule has 15 heteroatoms. The van der Waals surface area contributed by atoms with E-state index in [0.717, 1.165) is 0 Å². The lowest BCUT2D eigenvalue weighted by Crippen LogP contribution is -2.59. The van der Waals surface area contributed by atoms with Gasteiger partial charge in [-0.05, 0) is 43.2 Å². The number of carbonyl (C=O) groups is 4. The average molecular weight is 768 g/mol. The number of hydrogen-bond acceptors (Lipinski definition) is 8. The first-order chi connectivity index (χ1) is 24.8. The van der Waals surface area contributed by atoms with E-state index in [9.17, 15) is 38.6 Å². The molecule has 53 heavy (non-hydrogen) atoms. The topological polar surface area (TPSA) is 198 Å². The zero-order valence-corrected chi connectivity index (χ0v) is 34.2. The minimum atomic E-state index is -4.72. The van der Waals surface area contributed by atoms with Gasteiger partial charge < -0.3 is 45.4 Å². The van der Waals surface area contributed by atoms with E-state index in [1.165, 1.54) is 7.11 Å². The van der Waals surface area contributed by atoms with Crippen LogP contribution in [0.2, 0.25) is 0 Å². The largest absolute Gasteiger partial charge is 0.396 e. The summed E-state index contributed by atoms with van der Waals surface area (Å²) in [6, 6.07) is 6.42. The quantitative estimate of drug-likeness (QED) is 0.101. The SMILES string of the molecule is CCC(C)[C@@H]([C@H](CO)CC(=O)N1CCC[C@H]1[C@H](OC)[C@H](C)C(=O)NC(Cc1ccccc1)P(=O)(O)O)N(C)C(=O)[C@@H](NC(=O)[C@@H](NC)C(C)C)C(C)C. The van der Waals surface area contributed by atoms with Crippen LogP contribution in [0.15, 0.2) is 30.3 Å². The number of hydrogen-bond donors (Lipinski definition) is 6. The predicted molar refractivity (Wildman–Crippen MR) is 204 cm³/mol. The maximum absolute atomic E-state index is 14.1. The molecule has 4 amide bonds. The molecular weight excluding hydrogens is 701 g/mol. The number of likely N-dealkylation sites (N-methyl/N-ethyl adjacent to an activating group) is 2. The van der Waals surface area contributed by atoms with Gasteiger partial charge in [-0.2, -0.15) is 0 Å². The lowest BCUT2D eigenvalue weighted by Gasteiger charge is -2.41. The molecule has 0 aliphatic carbocycles. The first kappa shape index (κ1) is 46.3. The number of benzene rings is 1. The fraction of sp³-hybridized carbons (Fsp3) is 0.737. The van der Waals surface area contributed by atoms with Gasteiger partial charge in [0.05, 0.1) is 24.1 Å². The zero-order chi connectivity index (χ0) is 40.2. The van der Waals surface area contributed by atoms with Gasteiger partial charge in [0.15, 0.2) is 0 Å². The monoisotopic (exact) mass is 767 g/mol.